The smallest absolute Gasteiger partial charge is 0.266 e. The molecule has 1 saturated heterocycles. The fourth-order valence-electron chi connectivity index (χ4n) is 2.98. The van der Waals surface area contributed by atoms with E-state index in [4.69, 9.17) is 12.2 Å². The van der Waals surface area contributed by atoms with E-state index in [9.17, 15) is 4.79 Å². The Morgan fingerprint density at radius 3 is 2.56 bits per heavy atom. The summed E-state index contributed by atoms with van der Waals surface area (Å²) in [5, 5.41) is 0. The van der Waals surface area contributed by atoms with Crippen molar-refractivity contribution in [2.24, 2.45) is 0 Å². The van der Waals surface area contributed by atoms with Crippen molar-refractivity contribution in [2.45, 2.75) is 27.2 Å². The predicted molar refractivity (Wildman–Crippen MR) is 113 cm³/mol. The minimum Gasteiger partial charge on any atom is -0.318 e. The zero-order valence-corrected chi connectivity index (χ0v) is 17.6. The Hall–Kier alpha value is -1.37. The summed E-state index contributed by atoms with van der Waals surface area (Å²) in [6, 6.07) is 10.3. The van der Waals surface area contributed by atoms with Crippen LogP contribution in [0.1, 0.15) is 30.3 Å². The molecule has 3 rings (SSSR count). The maximum Gasteiger partial charge on any atom is 0.266 e. The largest absolute Gasteiger partial charge is 0.318 e. The molecule has 1 amide bonds. The third kappa shape index (κ3) is 3.61. The summed E-state index contributed by atoms with van der Waals surface area (Å²) in [4.78, 5) is 15.0. The highest BCUT2D eigenvalue weighted by Gasteiger charge is 2.31. The lowest BCUT2D eigenvalue weighted by Crippen LogP contribution is -2.28. The van der Waals surface area contributed by atoms with Gasteiger partial charge in [-0.2, -0.15) is 0 Å². The second kappa shape index (κ2) is 7.48. The summed E-state index contributed by atoms with van der Waals surface area (Å²) < 4.78 is 3.91. The van der Waals surface area contributed by atoms with Gasteiger partial charge in [-0.05, 0) is 62.2 Å². The van der Waals surface area contributed by atoms with E-state index in [0.29, 0.717) is 15.8 Å². The molecule has 0 bridgehead atoms. The molecule has 0 N–H and O–H groups in total. The highest BCUT2D eigenvalue weighted by Crippen LogP contribution is 2.34. The molecular weight excluding hydrogens is 416 g/mol. The molecule has 1 aliphatic heterocycles. The first-order valence-electron chi connectivity index (χ1n) is 8.12. The summed E-state index contributed by atoms with van der Waals surface area (Å²) in [5.74, 6) is 0.0188. The van der Waals surface area contributed by atoms with Gasteiger partial charge in [0.2, 0.25) is 0 Å². The summed E-state index contributed by atoms with van der Waals surface area (Å²) in [5.41, 5.74) is 4.41. The zero-order valence-electron chi connectivity index (χ0n) is 14.4. The molecule has 3 nitrogen and oxygen atoms in total. The van der Waals surface area contributed by atoms with Gasteiger partial charge in [0.1, 0.15) is 4.32 Å². The van der Waals surface area contributed by atoms with Crippen molar-refractivity contribution in [2.75, 3.05) is 6.54 Å². The lowest BCUT2D eigenvalue weighted by atomic mass is 10.2. The van der Waals surface area contributed by atoms with Gasteiger partial charge in [-0.25, -0.2) is 0 Å². The Labute approximate surface area is 166 Å². The van der Waals surface area contributed by atoms with Crippen LogP contribution in [0.15, 0.2) is 39.7 Å². The quantitative estimate of drug-likeness (QED) is 0.471. The maximum absolute atomic E-state index is 12.6. The molecular formula is C19H19BrN2OS2. The van der Waals surface area contributed by atoms with Gasteiger partial charge in [0, 0.05) is 28.1 Å². The monoisotopic (exact) mass is 434 g/mol. The van der Waals surface area contributed by atoms with E-state index in [1.807, 2.05) is 25.1 Å². The molecule has 1 aromatic carbocycles. The minimum atomic E-state index is 0.0188. The van der Waals surface area contributed by atoms with Gasteiger partial charge in [-0.3, -0.25) is 9.69 Å². The molecule has 0 saturated carbocycles. The first-order chi connectivity index (χ1) is 11.9. The van der Waals surface area contributed by atoms with Gasteiger partial charge in [0.05, 0.1) is 4.91 Å². The van der Waals surface area contributed by atoms with Crippen molar-refractivity contribution in [1.82, 2.24) is 9.47 Å². The van der Waals surface area contributed by atoms with Crippen molar-refractivity contribution in [3.05, 3.63) is 56.7 Å². The number of hydrogen-bond acceptors (Lipinski definition) is 3. The summed E-state index contributed by atoms with van der Waals surface area (Å²) in [6.45, 7) is 6.89. The number of halogens is 1. The summed E-state index contributed by atoms with van der Waals surface area (Å²) in [6.07, 6.45) is 2.87. The predicted octanol–water partition coefficient (Wildman–Crippen LogP) is 5.47. The number of aryl methyl sites for hydroxylation is 1. The number of hydrogen-bond donors (Lipinski definition) is 0. The SMILES string of the molecule is CCCN1C(=O)/C(=C\c2cc(C)n(-c3ccc(Br)cc3)c2C)SC1=S. The van der Waals surface area contributed by atoms with Gasteiger partial charge in [0.25, 0.3) is 5.91 Å². The number of benzene rings is 1. The standard InChI is InChI=1S/C19H19BrN2OS2/c1-4-9-21-18(23)17(25-19(21)24)11-14-10-12(2)22(13(14)3)16-7-5-15(20)6-8-16/h5-8,10-11H,4,9H2,1-3H3/b17-11+. The van der Waals surface area contributed by atoms with E-state index >= 15 is 0 Å². The minimum absolute atomic E-state index is 0.0188. The Bertz CT molecular complexity index is 868. The highest BCUT2D eigenvalue weighted by molar-refractivity contribution is 9.10. The fraction of sp³-hybridized carbons (Fsp3) is 0.263. The fourth-order valence-corrected chi connectivity index (χ4v) is 4.54. The topological polar surface area (TPSA) is 25.2 Å². The second-order valence-corrected chi connectivity index (χ2v) is 8.56. The van der Waals surface area contributed by atoms with Gasteiger partial charge in [-0.1, -0.05) is 46.8 Å². The molecule has 0 aliphatic carbocycles. The molecule has 2 heterocycles. The molecule has 1 aromatic heterocycles. The zero-order chi connectivity index (χ0) is 18.1. The molecule has 0 spiro atoms. The summed E-state index contributed by atoms with van der Waals surface area (Å²) in [7, 11) is 0. The van der Waals surface area contributed by atoms with Crippen LogP contribution in [0.4, 0.5) is 0 Å². The number of thiocarbonyl (C=S) groups is 1. The van der Waals surface area contributed by atoms with Gasteiger partial charge in [0.15, 0.2) is 0 Å². The van der Waals surface area contributed by atoms with E-state index < -0.39 is 0 Å². The maximum atomic E-state index is 12.6. The third-order valence-electron chi connectivity index (χ3n) is 4.16. The molecule has 130 valence electrons. The van der Waals surface area contributed by atoms with Crippen LogP contribution >= 0.6 is 39.9 Å². The number of rotatable bonds is 4. The lowest BCUT2D eigenvalue weighted by Gasteiger charge is -2.12. The van der Waals surface area contributed by atoms with Crippen LogP contribution in [-0.4, -0.2) is 26.2 Å². The average Bonchev–Trinajstić information content (AvgIpc) is 3.00. The molecule has 25 heavy (non-hydrogen) atoms. The van der Waals surface area contributed by atoms with Crippen molar-refractivity contribution < 1.29 is 4.79 Å². The molecule has 0 unspecified atom stereocenters. The van der Waals surface area contributed by atoms with Gasteiger partial charge < -0.3 is 4.57 Å². The van der Waals surface area contributed by atoms with E-state index in [2.05, 4.69) is 52.5 Å². The molecule has 0 atom stereocenters. The number of aromatic nitrogens is 1. The van der Waals surface area contributed by atoms with Crippen LogP contribution in [0.3, 0.4) is 0 Å². The van der Waals surface area contributed by atoms with Gasteiger partial charge >= 0.3 is 0 Å². The Morgan fingerprint density at radius 2 is 1.92 bits per heavy atom. The highest BCUT2D eigenvalue weighted by atomic mass is 79.9. The lowest BCUT2D eigenvalue weighted by molar-refractivity contribution is -0.122. The van der Waals surface area contributed by atoms with Crippen molar-refractivity contribution in [3.8, 4) is 5.69 Å². The van der Waals surface area contributed by atoms with Crippen LogP contribution in [0.25, 0.3) is 11.8 Å². The van der Waals surface area contributed by atoms with Crippen LogP contribution in [-0.2, 0) is 4.79 Å². The van der Waals surface area contributed by atoms with E-state index in [1.165, 1.54) is 11.8 Å². The first-order valence-corrected chi connectivity index (χ1v) is 10.1. The Balaban J connectivity index is 1.97. The van der Waals surface area contributed by atoms with Crippen molar-refractivity contribution >= 4 is 56.2 Å². The summed E-state index contributed by atoms with van der Waals surface area (Å²) >= 11 is 10.2. The molecule has 6 heteroatoms. The van der Waals surface area contributed by atoms with Crippen LogP contribution in [0, 0.1) is 13.8 Å². The van der Waals surface area contributed by atoms with Gasteiger partial charge in [-0.15, -0.1) is 0 Å². The first kappa shape index (κ1) is 18.4. The van der Waals surface area contributed by atoms with Crippen molar-refractivity contribution in [3.63, 3.8) is 0 Å². The second-order valence-electron chi connectivity index (χ2n) is 5.97. The number of carbonyl (C=O) groups is 1. The third-order valence-corrected chi connectivity index (χ3v) is 6.07. The Morgan fingerprint density at radius 1 is 1.24 bits per heavy atom. The van der Waals surface area contributed by atoms with Crippen LogP contribution in [0.2, 0.25) is 0 Å². The number of thioether (sulfide) groups is 1. The number of nitrogens with zero attached hydrogens (tertiary/aromatic N) is 2. The number of carbonyl (C=O) groups excluding carboxylic acids is 1. The Kier molecular flexibility index (Phi) is 5.51. The molecule has 2 aromatic rings. The van der Waals surface area contributed by atoms with E-state index in [-0.39, 0.29) is 5.91 Å². The molecule has 0 radical (unpaired) electrons. The molecule has 1 aliphatic rings. The normalized spacial score (nSPS) is 16.3. The number of amides is 1. The van der Waals surface area contributed by atoms with E-state index in [0.717, 1.165) is 33.5 Å². The van der Waals surface area contributed by atoms with Crippen LogP contribution in [0.5, 0.6) is 0 Å². The average molecular weight is 435 g/mol. The van der Waals surface area contributed by atoms with E-state index in [1.54, 1.807) is 4.90 Å². The van der Waals surface area contributed by atoms with Crippen molar-refractivity contribution in [1.29, 1.82) is 0 Å². The van der Waals surface area contributed by atoms with Crippen LogP contribution < -0.4 is 0 Å². The molecule has 1 fully saturated rings.